The van der Waals surface area contributed by atoms with Crippen LogP contribution in [0.25, 0.3) is 10.8 Å². The molecule has 0 radical (unpaired) electrons. The third kappa shape index (κ3) is 6.29. The number of aryl methyl sites for hydroxylation is 1. The van der Waals surface area contributed by atoms with Crippen LogP contribution in [-0.4, -0.2) is 32.8 Å². The molecule has 166 valence electrons. The average Bonchev–Trinajstić information content (AvgIpc) is 2.76. The number of rotatable bonds is 7. The Kier molecular flexibility index (Phi) is 9.03. The lowest BCUT2D eigenvalue weighted by Gasteiger charge is -2.26. The summed E-state index contributed by atoms with van der Waals surface area (Å²) in [6.07, 6.45) is 2.38. The Balaban J connectivity index is 0.00000166. The second-order valence-electron chi connectivity index (χ2n) is 6.93. The zero-order valence-corrected chi connectivity index (χ0v) is 19.6. The van der Waals surface area contributed by atoms with E-state index in [-0.39, 0.29) is 11.7 Å². The Labute approximate surface area is 187 Å². The van der Waals surface area contributed by atoms with E-state index >= 15 is 0 Å². The van der Waals surface area contributed by atoms with Crippen molar-refractivity contribution in [3.8, 4) is 5.75 Å². The van der Waals surface area contributed by atoms with Crippen LogP contribution in [0.15, 0.2) is 58.5 Å². The number of aromatic nitrogens is 1. The summed E-state index contributed by atoms with van der Waals surface area (Å²) in [6, 6.07) is 14.4. The molecule has 1 heterocycles. The summed E-state index contributed by atoms with van der Waals surface area (Å²) in [7, 11) is -0.399. The number of fused-ring (bicyclic) bond motifs is 1. The van der Waals surface area contributed by atoms with Crippen LogP contribution in [0.2, 0.25) is 0 Å². The van der Waals surface area contributed by atoms with E-state index in [0.717, 1.165) is 24.4 Å². The van der Waals surface area contributed by atoms with E-state index in [1.54, 1.807) is 0 Å². The van der Waals surface area contributed by atoms with Gasteiger partial charge in [0.15, 0.2) is 11.8 Å². The van der Waals surface area contributed by atoms with E-state index in [2.05, 4.69) is 58.3 Å². The average molecular weight is 440 g/mol. The van der Waals surface area contributed by atoms with E-state index in [4.69, 9.17) is 11.5 Å². The molecule has 0 saturated carbocycles. The number of guanidine groups is 1. The minimum Gasteiger partial charge on any atom is -0.506 e. The first-order valence-corrected chi connectivity index (χ1v) is 11.8. The smallest absolute Gasteiger partial charge is 0.192 e. The van der Waals surface area contributed by atoms with Crippen LogP contribution in [0, 0.1) is 6.92 Å². The SMILES string of the molecule is C=S(c1ccc2c(O)cnc(N=C(N)N)c2c1)N(CCC)Cc1cccc(C)c1.CC. The van der Waals surface area contributed by atoms with Crippen molar-refractivity contribution in [2.24, 2.45) is 16.5 Å². The van der Waals surface area contributed by atoms with Gasteiger partial charge in [0.1, 0.15) is 5.75 Å². The van der Waals surface area contributed by atoms with E-state index < -0.39 is 10.7 Å². The summed E-state index contributed by atoms with van der Waals surface area (Å²) >= 11 is 0. The van der Waals surface area contributed by atoms with Crippen molar-refractivity contribution in [3.05, 3.63) is 59.8 Å². The topological polar surface area (TPSA) is 101 Å². The fourth-order valence-corrected chi connectivity index (χ4v) is 4.72. The Hall–Kier alpha value is -2.90. The highest BCUT2D eigenvalue weighted by Crippen LogP contribution is 2.37. The lowest BCUT2D eigenvalue weighted by molar-refractivity contribution is 0.463. The molecule has 0 amide bonds. The maximum atomic E-state index is 10.2. The summed E-state index contributed by atoms with van der Waals surface area (Å²) in [5.41, 5.74) is 13.6. The molecule has 0 aliphatic rings. The van der Waals surface area contributed by atoms with Crippen LogP contribution in [0.1, 0.15) is 38.3 Å². The maximum absolute atomic E-state index is 10.2. The van der Waals surface area contributed by atoms with Gasteiger partial charge in [-0.25, -0.2) is 9.29 Å². The Morgan fingerprint density at radius 2 is 1.90 bits per heavy atom. The van der Waals surface area contributed by atoms with Crippen molar-refractivity contribution in [2.75, 3.05) is 6.54 Å². The summed E-state index contributed by atoms with van der Waals surface area (Å²) in [4.78, 5) is 9.32. The molecule has 3 rings (SSSR count). The van der Waals surface area contributed by atoms with E-state index in [9.17, 15) is 5.11 Å². The molecule has 0 aliphatic heterocycles. The lowest BCUT2D eigenvalue weighted by Crippen LogP contribution is -2.22. The van der Waals surface area contributed by atoms with E-state index in [1.165, 1.54) is 17.3 Å². The normalized spacial score (nSPS) is 11.6. The predicted octanol–water partition coefficient (Wildman–Crippen LogP) is 5.07. The molecular formula is C24H33N5OS. The van der Waals surface area contributed by atoms with Crippen LogP contribution < -0.4 is 11.5 Å². The molecule has 7 heteroatoms. The molecule has 6 nitrogen and oxygen atoms in total. The Morgan fingerprint density at radius 3 is 2.55 bits per heavy atom. The van der Waals surface area contributed by atoms with Crippen molar-refractivity contribution in [1.29, 1.82) is 0 Å². The van der Waals surface area contributed by atoms with Gasteiger partial charge >= 0.3 is 0 Å². The van der Waals surface area contributed by atoms with Gasteiger partial charge in [0.05, 0.1) is 6.20 Å². The van der Waals surface area contributed by atoms with Crippen molar-refractivity contribution in [3.63, 3.8) is 0 Å². The van der Waals surface area contributed by atoms with Gasteiger partial charge in [0.25, 0.3) is 0 Å². The monoisotopic (exact) mass is 439 g/mol. The quantitative estimate of drug-likeness (QED) is 0.271. The summed E-state index contributed by atoms with van der Waals surface area (Å²) in [5, 5.41) is 11.5. The van der Waals surface area contributed by atoms with Gasteiger partial charge in [-0.3, -0.25) is 0 Å². The number of nitrogens with two attached hydrogens (primary N) is 2. The molecule has 1 atom stereocenters. The molecule has 0 fully saturated rings. The van der Waals surface area contributed by atoms with Crippen LogP contribution in [-0.2, 0) is 6.54 Å². The second kappa shape index (κ2) is 11.5. The molecule has 0 spiro atoms. The fraction of sp³-hybridized carbons (Fsp3) is 0.292. The highest BCUT2D eigenvalue weighted by atomic mass is 32.2. The second-order valence-corrected chi connectivity index (χ2v) is 8.65. The third-order valence-corrected chi connectivity index (χ3v) is 6.28. The fourth-order valence-electron chi connectivity index (χ4n) is 3.23. The number of nitrogens with zero attached hydrogens (tertiary/aromatic N) is 3. The molecule has 0 saturated heterocycles. The number of aliphatic imine (C=N–C) groups is 1. The van der Waals surface area contributed by atoms with E-state index in [0.29, 0.717) is 16.6 Å². The first kappa shape index (κ1) is 24.4. The standard InChI is InChI=1S/C22H27N5OS.C2H6/c1-4-10-27(14-16-7-5-6-15(2)11-16)29(3)17-8-9-18-19(12-17)21(26-22(23)24)25-13-20(18)28;1-2/h5-9,11-13,28H,3-4,10,14H2,1-2H3,(H4,23,24,25,26);1-2H3. The van der Waals surface area contributed by atoms with Gasteiger partial charge < -0.3 is 16.6 Å². The molecule has 1 unspecified atom stereocenters. The zero-order valence-electron chi connectivity index (χ0n) is 18.8. The highest BCUT2D eigenvalue weighted by molar-refractivity contribution is 8.12. The van der Waals surface area contributed by atoms with Gasteiger partial charge in [0, 0.05) is 28.8 Å². The number of hydrogen-bond acceptors (Lipinski definition) is 4. The molecule has 1 aromatic heterocycles. The van der Waals surface area contributed by atoms with Gasteiger partial charge in [0.2, 0.25) is 0 Å². The first-order valence-electron chi connectivity index (χ1n) is 10.4. The first-order chi connectivity index (χ1) is 14.9. The molecule has 31 heavy (non-hydrogen) atoms. The predicted molar refractivity (Wildman–Crippen MR) is 135 cm³/mol. The molecule has 2 aromatic carbocycles. The maximum Gasteiger partial charge on any atom is 0.192 e. The molecular weight excluding hydrogens is 406 g/mol. The van der Waals surface area contributed by atoms with Gasteiger partial charge in [-0.2, -0.15) is 4.99 Å². The third-order valence-electron chi connectivity index (χ3n) is 4.55. The van der Waals surface area contributed by atoms with Crippen molar-refractivity contribution in [1.82, 2.24) is 9.29 Å². The van der Waals surface area contributed by atoms with Crippen LogP contribution >= 0.6 is 10.7 Å². The van der Waals surface area contributed by atoms with Crippen LogP contribution in [0.3, 0.4) is 0 Å². The lowest BCUT2D eigenvalue weighted by atomic mass is 10.1. The van der Waals surface area contributed by atoms with Crippen molar-refractivity contribution >= 4 is 39.1 Å². The Bertz CT molecular complexity index is 1080. The van der Waals surface area contributed by atoms with Gasteiger partial charge in [-0.1, -0.05) is 67.1 Å². The van der Waals surface area contributed by atoms with Gasteiger partial charge in [-0.05, 0) is 37.1 Å². The molecule has 3 aromatic rings. The van der Waals surface area contributed by atoms with Crippen molar-refractivity contribution < 1.29 is 5.11 Å². The van der Waals surface area contributed by atoms with Crippen LogP contribution in [0.4, 0.5) is 5.82 Å². The minimum absolute atomic E-state index is 0.0735. The highest BCUT2D eigenvalue weighted by Gasteiger charge is 2.13. The molecule has 0 bridgehead atoms. The number of hydrogen-bond donors (Lipinski definition) is 3. The number of aromatic hydroxyl groups is 1. The van der Waals surface area contributed by atoms with Crippen LogP contribution in [0.5, 0.6) is 5.75 Å². The van der Waals surface area contributed by atoms with Gasteiger partial charge in [-0.15, -0.1) is 0 Å². The van der Waals surface area contributed by atoms with Crippen molar-refractivity contribution in [2.45, 2.75) is 45.6 Å². The molecule has 0 aliphatic carbocycles. The summed E-state index contributed by atoms with van der Waals surface area (Å²) in [6.45, 7) is 10.0. The number of benzene rings is 2. The summed E-state index contributed by atoms with van der Waals surface area (Å²) in [5.74, 6) is 4.86. The largest absolute Gasteiger partial charge is 0.506 e. The summed E-state index contributed by atoms with van der Waals surface area (Å²) < 4.78 is 2.37. The number of pyridine rings is 1. The van der Waals surface area contributed by atoms with E-state index in [1.807, 2.05) is 32.0 Å². The Morgan fingerprint density at radius 1 is 1.16 bits per heavy atom. The minimum atomic E-state index is -0.399. The zero-order chi connectivity index (χ0) is 23.0. The molecule has 5 N–H and O–H groups in total.